The maximum absolute atomic E-state index is 10.6. The zero-order valence-corrected chi connectivity index (χ0v) is 7.96. The zero-order valence-electron chi connectivity index (χ0n) is 5.55. The number of hydrogen-bond acceptors (Lipinski definition) is 3. The summed E-state index contributed by atoms with van der Waals surface area (Å²) in [6.07, 6.45) is 1.73. The van der Waals surface area contributed by atoms with E-state index >= 15 is 0 Å². The summed E-state index contributed by atoms with van der Waals surface area (Å²) in [4.78, 5) is 0. The van der Waals surface area contributed by atoms with E-state index in [9.17, 15) is 4.57 Å². The van der Waals surface area contributed by atoms with Crippen molar-refractivity contribution in [2.45, 2.75) is 19.8 Å². The van der Waals surface area contributed by atoms with Gasteiger partial charge in [0.2, 0.25) is 0 Å². The summed E-state index contributed by atoms with van der Waals surface area (Å²) in [5.41, 5.74) is 0. The molecule has 0 aliphatic rings. The number of unbranched alkanes of at least 4 members (excludes halogenated alkanes) is 1. The maximum atomic E-state index is 10.6. The largest absolute Gasteiger partial charge is 0.440 e. The van der Waals surface area contributed by atoms with Gasteiger partial charge >= 0.3 is 6.95 Å². The molecule has 0 aliphatic heterocycles. The molecule has 0 radical (unpaired) electrons. The van der Waals surface area contributed by atoms with Gasteiger partial charge in [-0.05, 0) is 6.42 Å². The van der Waals surface area contributed by atoms with Gasteiger partial charge in [-0.25, -0.2) is 4.57 Å². The third kappa shape index (κ3) is 5.51. The Morgan fingerprint density at radius 2 is 2.20 bits per heavy atom. The fraction of sp³-hybridized carbons (Fsp3) is 1.00. The van der Waals surface area contributed by atoms with E-state index in [0.29, 0.717) is 6.61 Å². The van der Waals surface area contributed by atoms with Gasteiger partial charge in [0.1, 0.15) is 0 Å². The van der Waals surface area contributed by atoms with E-state index in [1.165, 1.54) is 0 Å². The number of halogens is 2. The van der Waals surface area contributed by atoms with Crippen LogP contribution in [0.4, 0.5) is 0 Å². The van der Waals surface area contributed by atoms with Gasteiger partial charge in [0.05, 0.1) is 18.5 Å². The van der Waals surface area contributed by atoms with Gasteiger partial charge in [0.15, 0.2) is 0 Å². The van der Waals surface area contributed by atoms with Crippen molar-refractivity contribution in [1.82, 2.24) is 0 Å². The summed E-state index contributed by atoms with van der Waals surface area (Å²) in [5.74, 6) is 0. The van der Waals surface area contributed by atoms with E-state index in [-0.39, 0.29) is 0 Å². The van der Waals surface area contributed by atoms with Gasteiger partial charge in [-0.2, -0.15) is 4.08 Å². The van der Waals surface area contributed by atoms with Gasteiger partial charge in [-0.15, -0.1) is 0 Å². The third-order valence-corrected chi connectivity index (χ3v) is 2.74. The summed E-state index contributed by atoms with van der Waals surface area (Å²) < 4.78 is 19.1. The highest BCUT2D eigenvalue weighted by Crippen LogP contribution is 2.54. The molecule has 0 bridgehead atoms. The minimum absolute atomic E-state index is 0.310. The lowest BCUT2D eigenvalue weighted by atomic mass is 10.4. The van der Waals surface area contributed by atoms with Crippen LogP contribution < -0.4 is 0 Å². The van der Waals surface area contributed by atoms with E-state index < -0.39 is 6.95 Å². The fourth-order valence-electron chi connectivity index (χ4n) is 0.338. The Balaban J connectivity index is 3.38. The van der Waals surface area contributed by atoms with Crippen LogP contribution in [0.25, 0.3) is 0 Å². The van der Waals surface area contributed by atoms with E-state index in [0.717, 1.165) is 12.8 Å². The SMILES string of the molecule is CCCCOP(=O)(Cl)OCl. The molecule has 0 saturated heterocycles. The number of hydrogen-bond donors (Lipinski definition) is 0. The van der Waals surface area contributed by atoms with Crippen molar-refractivity contribution >= 4 is 30.1 Å². The standard InChI is InChI=1S/C4H9Cl2O3P/c1-2-3-4-8-10(6,7)9-5/h2-4H2,1H3. The highest BCUT2D eigenvalue weighted by atomic mass is 35.7. The van der Waals surface area contributed by atoms with Gasteiger partial charge in [0, 0.05) is 11.2 Å². The molecule has 0 aromatic heterocycles. The molecule has 0 aromatic carbocycles. The van der Waals surface area contributed by atoms with Crippen LogP contribution >= 0.6 is 30.1 Å². The van der Waals surface area contributed by atoms with Crippen molar-refractivity contribution in [1.29, 1.82) is 0 Å². The van der Waals surface area contributed by atoms with Crippen molar-refractivity contribution in [2.24, 2.45) is 0 Å². The molecule has 62 valence electrons. The quantitative estimate of drug-likeness (QED) is 0.512. The van der Waals surface area contributed by atoms with E-state index in [1.807, 2.05) is 6.92 Å². The monoisotopic (exact) mass is 206 g/mol. The normalized spacial score (nSPS) is 16.7. The Labute approximate surface area is 70.1 Å². The van der Waals surface area contributed by atoms with Crippen molar-refractivity contribution in [2.75, 3.05) is 6.61 Å². The molecule has 0 rings (SSSR count). The number of rotatable bonds is 5. The molecule has 0 N–H and O–H groups in total. The molecule has 1 unspecified atom stereocenters. The first-order chi connectivity index (χ1) is 4.62. The van der Waals surface area contributed by atoms with Gasteiger partial charge in [0.25, 0.3) is 0 Å². The van der Waals surface area contributed by atoms with Gasteiger partial charge in [-0.3, -0.25) is 4.52 Å². The molecule has 0 aromatic rings. The average molecular weight is 207 g/mol. The first-order valence-corrected chi connectivity index (χ1v) is 5.62. The van der Waals surface area contributed by atoms with Crippen LogP contribution in [0.5, 0.6) is 0 Å². The van der Waals surface area contributed by atoms with Crippen LogP contribution in [-0.4, -0.2) is 6.61 Å². The molecule has 6 heteroatoms. The Bertz CT molecular complexity index is 130. The third-order valence-electron chi connectivity index (χ3n) is 0.826. The Morgan fingerprint density at radius 3 is 2.60 bits per heavy atom. The highest BCUT2D eigenvalue weighted by Gasteiger charge is 2.19. The molecule has 3 nitrogen and oxygen atoms in total. The van der Waals surface area contributed by atoms with Crippen LogP contribution in [0, 0.1) is 0 Å². The minimum atomic E-state index is -3.47. The van der Waals surface area contributed by atoms with E-state index in [1.54, 1.807) is 0 Å². The molecule has 0 heterocycles. The lowest BCUT2D eigenvalue weighted by molar-refractivity contribution is 0.279. The molecule has 1 atom stereocenters. The molecular weight excluding hydrogens is 198 g/mol. The predicted molar refractivity (Wildman–Crippen MR) is 41.3 cm³/mol. The van der Waals surface area contributed by atoms with E-state index in [2.05, 4.69) is 8.60 Å². The van der Waals surface area contributed by atoms with Crippen LogP contribution in [0.15, 0.2) is 0 Å². The first kappa shape index (κ1) is 10.7. The highest BCUT2D eigenvalue weighted by molar-refractivity contribution is 7.81. The second-order valence-electron chi connectivity index (χ2n) is 1.69. The smallest absolute Gasteiger partial charge is 0.296 e. The van der Waals surface area contributed by atoms with E-state index in [4.69, 9.17) is 23.1 Å². The summed E-state index contributed by atoms with van der Waals surface area (Å²) in [6.45, 7) is -1.18. The molecule has 0 fully saturated rings. The summed E-state index contributed by atoms with van der Waals surface area (Å²) in [6, 6.07) is 0. The fourth-order valence-corrected chi connectivity index (χ4v) is 1.05. The minimum Gasteiger partial charge on any atom is -0.296 e. The molecule has 0 amide bonds. The molecule has 10 heavy (non-hydrogen) atoms. The van der Waals surface area contributed by atoms with Gasteiger partial charge in [-0.1, -0.05) is 13.3 Å². The zero-order chi connectivity index (χ0) is 8.04. The topological polar surface area (TPSA) is 35.5 Å². The van der Waals surface area contributed by atoms with Crippen LogP contribution in [-0.2, 0) is 13.2 Å². The van der Waals surface area contributed by atoms with Crippen LogP contribution in [0.1, 0.15) is 19.8 Å². The lowest BCUT2D eigenvalue weighted by Gasteiger charge is -2.04. The second-order valence-corrected chi connectivity index (χ2v) is 4.60. The van der Waals surface area contributed by atoms with Crippen molar-refractivity contribution in [3.63, 3.8) is 0 Å². The maximum Gasteiger partial charge on any atom is 0.440 e. The van der Waals surface area contributed by atoms with Gasteiger partial charge < -0.3 is 0 Å². The lowest BCUT2D eigenvalue weighted by Crippen LogP contribution is -1.87. The van der Waals surface area contributed by atoms with Crippen molar-refractivity contribution < 1.29 is 13.2 Å². The summed E-state index contributed by atoms with van der Waals surface area (Å²) >= 11 is 9.89. The molecular formula is C4H9Cl2O3P. The predicted octanol–water partition coefficient (Wildman–Crippen LogP) is 3.32. The average Bonchev–Trinajstić information content (AvgIpc) is 1.89. The molecule has 0 saturated carbocycles. The first-order valence-electron chi connectivity index (χ1n) is 2.87. The Hall–Kier alpha value is 0.730. The molecule has 0 spiro atoms. The Morgan fingerprint density at radius 1 is 1.60 bits per heavy atom. The van der Waals surface area contributed by atoms with Crippen LogP contribution in [0.3, 0.4) is 0 Å². The Kier molecular flexibility index (Phi) is 5.78. The summed E-state index contributed by atoms with van der Waals surface area (Å²) in [5, 5.41) is 0. The summed E-state index contributed by atoms with van der Waals surface area (Å²) in [7, 11) is 0. The second kappa shape index (κ2) is 5.39. The van der Waals surface area contributed by atoms with Crippen molar-refractivity contribution in [3.8, 4) is 0 Å². The van der Waals surface area contributed by atoms with Crippen molar-refractivity contribution in [3.05, 3.63) is 0 Å². The molecule has 0 aliphatic carbocycles. The van der Waals surface area contributed by atoms with Crippen LogP contribution in [0.2, 0.25) is 0 Å².